The summed E-state index contributed by atoms with van der Waals surface area (Å²) in [5.41, 5.74) is 0. The average Bonchev–Trinajstić information content (AvgIpc) is 3.04. The molecule has 1 aromatic rings. The van der Waals surface area contributed by atoms with Crippen molar-refractivity contribution in [3.63, 3.8) is 0 Å². The first kappa shape index (κ1) is 15.6. The predicted octanol–water partition coefficient (Wildman–Crippen LogP) is 1.84. The first-order chi connectivity index (χ1) is 10.3. The number of rotatable bonds is 7. The van der Waals surface area contributed by atoms with Crippen molar-refractivity contribution >= 4 is 5.91 Å². The largest absolute Gasteiger partial charge is 0.493 e. The SMILES string of the molecule is COc1ccccc1OCC(=O)N(CCO)C1CCCC1. The molecule has 21 heavy (non-hydrogen) atoms. The van der Waals surface area contributed by atoms with E-state index in [1.807, 2.05) is 12.1 Å². The van der Waals surface area contributed by atoms with Gasteiger partial charge in [0.15, 0.2) is 18.1 Å². The molecule has 0 aromatic heterocycles. The van der Waals surface area contributed by atoms with Gasteiger partial charge in [-0.2, -0.15) is 0 Å². The topological polar surface area (TPSA) is 59.0 Å². The van der Waals surface area contributed by atoms with Crippen LogP contribution in [0.3, 0.4) is 0 Å². The molecule has 116 valence electrons. The molecule has 0 radical (unpaired) electrons. The summed E-state index contributed by atoms with van der Waals surface area (Å²) in [7, 11) is 1.57. The van der Waals surface area contributed by atoms with E-state index < -0.39 is 0 Å². The van der Waals surface area contributed by atoms with E-state index >= 15 is 0 Å². The molecular weight excluding hydrogens is 270 g/mol. The van der Waals surface area contributed by atoms with Crippen LogP contribution in [0.15, 0.2) is 24.3 Å². The minimum atomic E-state index is -0.0816. The molecule has 1 aliphatic rings. The summed E-state index contributed by atoms with van der Waals surface area (Å²) in [4.78, 5) is 14.1. The molecular formula is C16H23NO4. The van der Waals surface area contributed by atoms with Gasteiger partial charge in [-0.05, 0) is 25.0 Å². The Morgan fingerprint density at radius 3 is 2.57 bits per heavy atom. The number of benzene rings is 1. The summed E-state index contributed by atoms with van der Waals surface area (Å²) < 4.78 is 10.8. The first-order valence-corrected chi connectivity index (χ1v) is 7.42. The Balaban J connectivity index is 1.95. The van der Waals surface area contributed by atoms with Gasteiger partial charge in [-0.1, -0.05) is 25.0 Å². The number of ether oxygens (including phenoxy) is 2. The third kappa shape index (κ3) is 4.11. The number of aliphatic hydroxyl groups is 1. The second-order valence-corrected chi connectivity index (χ2v) is 5.19. The number of para-hydroxylation sites is 2. The van der Waals surface area contributed by atoms with E-state index in [-0.39, 0.29) is 25.2 Å². The molecule has 1 saturated carbocycles. The van der Waals surface area contributed by atoms with Gasteiger partial charge in [0.2, 0.25) is 0 Å². The van der Waals surface area contributed by atoms with E-state index in [4.69, 9.17) is 14.6 Å². The highest BCUT2D eigenvalue weighted by Gasteiger charge is 2.26. The standard InChI is InChI=1S/C16H23NO4/c1-20-14-8-4-5-9-15(14)21-12-16(19)17(10-11-18)13-6-2-3-7-13/h4-5,8-9,13,18H,2-3,6-7,10-12H2,1H3. The van der Waals surface area contributed by atoms with Crippen LogP contribution < -0.4 is 9.47 Å². The van der Waals surface area contributed by atoms with Gasteiger partial charge in [-0.15, -0.1) is 0 Å². The molecule has 5 nitrogen and oxygen atoms in total. The molecule has 1 N–H and O–H groups in total. The van der Waals surface area contributed by atoms with Gasteiger partial charge in [-0.25, -0.2) is 0 Å². The van der Waals surface area contributed by atoms with Crippen LogP contribution in [0.2, 0.25) is 0 Å². The minimum Gasteiger partial charge on any atom is -0.493 e. The maximum atomic E-state index is 12.3. The van der Waals surface area contributed by atoms with Gasteiger partial charge in [0, 0.05) is 12.6 Å². The summed E-state index contributed by atoms with van der Waals surface area (Å²) in [5.74, 6) is 1.09. The second kappa shape index (κ2) is 7.88. The molecule has 0 bridgehead atoms. The van der Waals surface area contributed by atoms with Gasteiger partial charge in [-0.3, -0.25) is 4.79 Å². The number of aliphatic hydroxyl groups excluding tert-OH is 1. The van der Waals surface area contributed by atoms with Gasteiger partial charge >= 0.3 is 0 Å². The lowest BCUT2D eigenvalue weighted by Gasteiger charge is -2.28. The van der Waals surface area contributed by atoms with Crippen LogP contribution in [-0.4, -0.2) is 48.8 Å². The predicted molar refractivity (Wildman–Crippen MR) is 79.5 cm³/mol. The first-order valence-electron chi connectivity index (χ1n) is 7.42. The lowest BCUT2D eigenvalue weighted by atomic mass is 10.2. The van der Waals surface area contributed by atoms with Gasteiger partial charge in [0.25, 0.3) is 5.91 Å². The Morgan fingerprint density at radius 1 is 1.29 bits per heavy atom. The molecule has 0 aliphatic heterocycles. The molecule has 5 heteroatoms. The average molecular weight is 293 g/mol. The van der Waals surface area contributed by atoms with Crippen LogP contribution in [0.4, 0.5) is 0 Å². The third-order valence-corrected chi connectivity index (χ3v) is 3.85. The van der Waals surface area contributed by atoms with Gasteiger partial charge in [0.1, 0.15) is 0 Å². The van der Waals surface area contributed by atoms with Crippen molar-refractivity contribution in [2.24, 2.45) is 0 Å². The zero-order valence-corrected chi connectivity index (χ0v) is 12.5. The number of methoxy groups -OCH3 is 1. The number of carbonyl (C=O) groups is 1. The fourth-order valence-electron chi connectivity index (χ4n) is 2.80. The molecule has 1 amide bonds. The number of nitrogens with zero attached hydrogens (tertiary/aromatic N) is 1. The molecule has 0 spiro atoms. The quantitative estimate of drug-likeness (QED) is 0.833. The van der Waals surface area contributed by atoms with Crippen molar-refractivity contribution in [3.8, 4) is 11.5 Å². The zero-order valence-electron chi connectivity index (χ0n) is 12.5. The summed E-state index contributed by atoms with van der Waals surface area (Å²) >= 11 is 0. The third-order valence-electron chi connectivity index (χ3n) is 3.85. The normalized spacial score (nSPS) is 15.0. The Morgan fingerprint density at radius 2 is 1.95 bits per heavy atom. The number of hydrogen-bond donors (Lipinski definition) is 1. The summed E-state index contributed by atoms with van der Waals surface area (Å²) in [5, 5.41) is 9.16. The van der Waals surface area contributed by atoms with Crippen molar-refractivity contribution in [2.75, 3.05) is 26.9 Å². The molecule has 1 fully saturated rings. The number of hydrogen-bond acceptors (Lipinski definition) is 4. The fourth-order valence-corrected chi connectivity index (χ4v) is 2.80. The monoisotopic (exact) mass is 293 g/mol. The van der Waals surface area contributed by atoms with E-state index in [1.165, 1.54) is 0 Å². The molecule has 2 rings (SSSR count). The van der Waals surface area contributed by atoms with Crippen LogP contribution in [0, 0.1) is 0 Å². The van der Waals surface area contributed by atoms with Crippen LogP contribution in [-0.2, 0) is 4.79 Å². The van der Waals surface area contributed by atoms with E-state index in [1.54, 1.807) is 24.1 Å². The van der Waals surface area contributed by atoms with Gasteiger partial charge in [0.05, 0.1) is 13.7 Å². The van der Waals surface area contributed by atoms with Crippen molar-refractivity contribution in [2.45, 2.75) is 31.7 Å². The van der Waals surface area contributed by atoms with Crippen molar-refractivity contribution < 1.29 is 19.4 Å². The zero-order chi connectivity index (χ0) is 15.1. The summed E-state index contributed by atoms with van der Waals surface area (Å²) in [6, 6.07) is 7.50. The molecule has 1 aliphatic carbocycles. The van der Waals surface area contributed by atoms with Crippen LogP contribution >= 0.6 is 0 Å². The van der Waals surface area contributed by atoms with Crippen molar-refractivity contribution in [1.29, 1.82) is 0 Å². The van der Waals surface area contributed by atoms with E-state index in [2.05, 4.69) is 0 Å². The maximum Gasteiger partial charge on any atom is 0.260 e. The Labute approximate surface area is 125 Å². The molecule has 1 aromatic carbocycles. The minimum absolute atomic E-state index is 0.0170. The molecule has 0 unspecified atom stereocenters. The van der Waals surface area contributed by atoms with E-state index in [9.17, 15) is 4.79 Å². The lowest BCUT2D eigenvalue weighted by molar-refractivity contribution is -0.136. The lowest BCUT2D eigenvalue weighted by Crippen LogP contribution is -2.43. The Bertz CT molecular complexity index is 457. The maximum absolute atomic E-state index is 12.3. The van der Waals surface area contributed by atoms with E-state index in [0.29, 0.717) is 18.0 Å². The van der Waals surface area contributed by atoms with Crippen molar-refractivity contribution in [1.82, 2.24) is 4.90 Å². The second-order valence-electron chi connectivity index (χ2n) is 5.19. The van der Waals surface area contributed by atoms with Crippen LogP contribution in [0.1, 0.15) is 25.7 Å². The Kier molecular flexibility index (Phi) is 5.87. The molecule has 0 saturated heterocycles. The van der Waals surface area contributed by atoms with Gasteiger partial charge < -0.3 is 19.5 Å². The smallest absolute Gasteiger partial charge is 0.260 e. The molecule has 0 atom stereocenters. The molecule has 0 heterocycles. The van der Waals surface area contributed by atoms with Crippen LogP contribution in [0.5, 0.6) is 11.5 Å². The fraction of sp³-hybridized carbons (Fsp3) is 0.562. The highest BCUT2D eigenvalue weighted by Crippen LogP contribution is 2.26. The highest BCUT2D eigenvalue weighted by atomic mass is 16.5. The number of carbonyl (C=O) groups excluding carboxylic acids is 1. The Hall–Kier alpha value is -1.75. The van der Waals surface area contributed by atoms with Crippen LogP contribution in [0.25, 0.3) is 0 Å². The summed E-state index contributed by atoms with van der Waals surface area (Å²) in [6.45, 7) is 0.326. The van der Waals surface area contributed by atoms with Crippen molar-refractivity contribution in [3.05, 3.63) is 24.3 Å². The highest BCUT2D eigenvalue weighted by molar-refractivity contribution is 5.78. The number of amides is 1. The summed E-state index contributed by atoms with van der Waals surface area (Å²) in [6.07, 6.45) is 4.32. The van der Waals surface area contributed by atoms with E-state index in [0.717, 1.165) is 25.7 Å².